The van der Waals surface area contributed by atoms with Crippen molar-refractivity contribution in [3.8, 4) is 0 Å². The van der Waals surface area contributed by atoms with Crippen molar-refractivity contribution in [1.29, 1.82) is 0 Å². The molecule has 0 aliphatic carbocycles. The van der Waals surface area contributed by atoms with E-state index in [1.165, 1.54) is 0 Å². The Morgan fingerprint density at radius 1 is 1.26 bits per heavy atom. The summed E-state index contributed by atoms with van der Waals surface area (Å²) in [6.45, 7) is 10.2. The Hall–Kier alpha value is -1.89. The Morgan fingerprint density at radius 2 is 2.00 bits per heavy atom. The van der Waals surface area contributed by atoms with E-state index in [0.29, 0.717) is 26.3 Å². The molecule has 0 bridgehead atoms. The van der Waals surface area contributed by atoms with Crippen LogP contribution in [0.1, 0.15) is 32.0 Å². The highest BCUT2D eigenvalue weighted by molar-refractivity contribution is 5.75. The molecule has 3 heterocycles. The van der Waals surface area contributed by atoms with Crippen LogP contribution in [-0.2, 0) is 17.7 Å². The summed E-state index contributed by atoms with van der Waals surface area (Å²) >= 11 is 0. The van der Waals surface area contributed by atoms with Crippen LogP contribution < -0.4 is 10.2 Å². The number of rotatable bonds is 1. The minimum absolute atomic E-state index is 0.0327. The van der Waals surface area contributed by atoms with Gasteiger partial charge < -0.3 is 19.9 Å². The molecular formula is C16H25N5O2. The van der Waals surface area contributed by atoms with E-state index in [1.807, 2.05) is 31.9 Å². The lowest BCUT2D eigenvalue weighted by molar-refractivity contribution is 0.122. The third kappa shape index (κ3) is 3.90. The minimum atomic E-state index is -0.234. The molecule has 7 heteroatoms. The number of hydrogen-bond donors (Lipinski definition) is 1. The summed E-state index contributed by atoms with van der Waals surface area (Å²) in [6, 6.07) is -0.0327. The van der Waals surface area contributed by atoms with E-state index in [1.54, 1.807) is 0 Å². The topological polar surface area (TPSA) is 70.6 Å². The fourth-order valence-electron chi connectivity index (χ4n) is 2.78. The monoisotopic (exact) mass is 319 g/mol. The van der Waals surface area contributed by atoms with Gasteiger partial charge in [-0.1, -0.05) is 0 Å². The zero-order valence-electron chi connectivity index (χ0n) is 14.1. The smallest absolute Gasteiger partial charge is 0.318 e. The van der Waals surface area contributed by atoms with Crippen molar-refractivity contribution < 1.29 is 9.53 Å². The molecule has 1 saturated heterocycles. The molecule has 2 aliphatic heterocycles. The van der Waals surface area contributed by atoms with Crippen molar-refractivity contribution in [2.75, 3.05) is 37.7 Å². The van der Waals surface area contributed by atoms with Crippen molar-refractivity contribution in [1.82, 2.24) is 20.2 Å². The predicted octanol–water partition coefficient (Wildman–Crippen LogP) is 1.18. The average Bonchev–Trinajstić information content (AvgIpc) is 2.53. The molecule has 7 nitrogen and oxygen atoms in total. The van der Waals surface area contributed by atoms with Crippen LogP contribution in [0.3, 0.4) is 0 Å². The molecule has 0 radical (unpaired) electrons. The normalized spacial score (nSPS) is 18.6. The lowest BCUT2D eigenvalue weighted by Crippen LogP contribution is -2.50. The predicted molar refractivity (Wildman–Crippen MR) is 87.5 cm³/mol. The Kier molecular flexibility index (Phi) is 4.39. The molecule has 2 aliphatic rings. The number of nitrogens with zero attached hydrogens (tertiary/aromatic N) is 4. The van der Waals surface area contributed by atoms with Gasteiger partial charge in [-0.05, 0) is 32.8 Å². The fourth-order valence-corrected chi connectivity index (χ4v) is 2.78. The molecule has 0 unspecified atom stereocenters. The number of urea groups is 1. The van der Waals surface area contributed by atoms with Gasteiger partial charge in [-0.3, -0.25) is 0 Å². The molecule has 3 rings (SSSR count). The summed E-state index contributed by atoms with van der Waals surface area (Å²) in [7, 11) is 0. The maximum absolute atomic E-state index is 12.4. The Bertz CT molecular complexity index is 578. The molecule has 126 valence electrons. The summed E-state index contributed by atoms with van der Waals surface area (Å²) in [5, 5.41) is 3.01. The Labute approximate surface area is 137 Å². The summed E-state index contributed by atoms with van der Waals surface area (Å²) < 4.78 is 5.37. The number of ether oxygens (including phenoxy) is 1. The number of carbonyl (C=O) groups excluding carboxylic acids is 1. The average molecular weight is 319 g/mol. The summed E-state index contributed by atoms with van der Waals surface area (Å²) in [5.41, 5.74) is 1.86. The van der Waals surface area contributed by atoms with Crippen LogP contribution in [0.2, 0.25) is 0 Å². The van der Waals surface area contributed by atoms with Gasteiger partial charge in [0.25, 0.3) is 0 Å². The SMILES string of the molecule is CC(C)(C)NC(=O)N1CCc2cnc(N3CCOCC3)nc2C1. The molecule has 0 spiro atoms. The van der Waals surface area contributed by atoms with Crippen LogP contribution in [-0.4, -0.2) is 59.3 Å². The lowest BCUT2D eigenvalue weighted by atomic mass is 10.1. The first-order valence-corrected chi connectivity index (χ1v) is 8.17. The highest BCUT2D eigenvalue weighted by Gasteiger charge is 2.26. The molecule has 2 amide bonds. The van der Waals surface area contributed by atoms with E-state index in [-0.39, 0.29) is 11.6 Å². The number of anilines is 1. The molecular weight excluding hydrogens is 294 g/mol. The second kappa shape index (κ2) is 6.31. The van der Waals surface area contributed by atoms with Crippen LogP contribution in [0, 0.1) is 0 Å². The standard InChI is InChI=1S/C16H25N5O2/c1-16(2,3)19-15(22)21-5-4-12-10-17-14(18-13(12)11-21)20-6-8-23-9-7-20/h10H,4-9,11H2,1-3H3,(H,19,22). The van der Waals surface area contributed by atoms with Gasteiger partial charge in [0.2, 0.25) is 5.95 Å². The van der Waals surface area contributed by atoms with Crippen molar-refractivity contribution in [3.05, 3.63) is 17.5 Å². The van der Waals surface area contributed by atoms with Crippen LogP contribution in [0.25, 0.3) is 0 Å². The van der Waals surface area contributed by atoms with Gasteiger partial charge >= 0.3 is 6.03 Å². The van der Waals surface area contributed by atoms with Gasteiger partial charge in [0.15, 0.2) is 0 Å². The fraction of sp³-hybridized carbons (Fsp3) is 0.688. The van der Waals surface area contributed by atoms with Gasteiger partial charge in [-0.25, -0.2) is 14.8 Å². The van der Waals surface area contributed by atoms with Crippen molar-refractivity contribution in [3.63, 3.8) is 0 Å². The highest BCUT2D eigenvalue weighted by Crippen LogP contribution is 2.20. The highest BCUT2D eigenvalue weighted by atomic mass is 16.5. The third-order valence-electron chi connectivity index (χ3n) is 4.00. The number of hydrogen-bond acceptors (Lipinski definition) is 5. The number of aromatic nitrogens is 2. The largest absolute Gasteiger partial charge is 0.378 e. The molecule has 1 aromatic rings. The first-order valence-electron chi connectivity index (χ1n) is 8.17. The van der Waals surface area contributed by atoms with E-state index in [9.17, 15) is 4.79 Å². The first kappa shape index (κ1) is 16.0. The van der Waals surface area contributed by atoms with Crippen molar-refractivity contribution >= 4 is 12.0 Å². The molecule has 0 aromatic carbocycles. The minimum Gasteiger partial charge on any atom is -0.378 e. The second-order valence-corrected chi connectivity index (χ2v) is 7.09. The first-order chi connectivity index (χ1) is 10.9. The maximum atomic E-state index is 12.4. The molecule has 0 atom stereocenters. The van der Waals surface area contributed by atoms with Crippen LogP contribution >= 0.6 is 0 Å². The van der Waals surface area contributed by atoms with Gasteiger partial charge in [-0.15, -0.1) is 0 Å². The molecule has 23 heavy (non-hydrogen) atoms. The summed E-state index contributed by atoms with van der Waals surface area (Å²) in [5.74, 6) is 0.741. The van der Waals surface area contributed by atoms with Gasteiger partial charge in [0.05, 0.1) is 25.5 Å². The maximum Gasteiger partial charge on any atom is 0.318 e. The third-order valence-corrected chi connectivity index (χ3v) is 4.00. The van der Waals surface area contributed by atoms with E-state index < -0.39 is 0 Å². The molecule has 1 N–H and O–H groups in total. The number of carbonyl (C=O) groups is 1. The van der Waals surface area contributed by atoms with E-state index >= 15 is 0 Å². The van der Waals surface area contributed by atoms with Crippen molar-refractivity contribution in [2.24, 2.45) is 0 Å². The van der Waals surface area contributed by atoms with Crippen LogP contribution in [0.15, 0.2) is 6.20 Å². The van der Waals surface area contributed by atoms with Gasteiger partial charge in [-0.2, -0.15) is 0 Å². The molecule has 0 saturated carbocycles. The van der Waals surface area contributed by atoms with Gasteiger partial charge in [0, 0.05) is 31.4 Å². The van der Waals surface area contributed by atoms with Crippen LogP contribution in [0.5, 0.6) is 0 Å². The van der Waals surface area contributed by atoms with E-state index in [2.05, 4.69) is 15.2 Å². The molecule has 1 aromatic heterocycles. The second-order valence-electron chi connectivity index (χ2n) is 7.09. The number of fused-ring (bicyclic) bond motifs is 1. The number of nitrogens with one attached hydrogen (secondary N) is 1. The Balaban J connectivity index is 1.72. The molecule has 1 fully saturated rings. The zero-order chi connectivity index (χ0) is 16.4. The lowest BCUT2D eigenvalue weighted by Gasteiger charge is -2.32. The Morgan fingerprint density at radius 3 is 2.70 bits per heavy atom. The summed E-state index contributed by atoms with van der Waals surface area (Å²) in [6.07, 6.45) is 2.71. The van der Waals surface area contributed by atoms with E-state index in [4.69, 9.17) is 9.72 Å². The quantitative estimate of drug-likeness (QED) is 0.842. The van der Waals surface area contributed by atoms with Gasteiger partial charge in [0.1, 0.15) is 0 Å². The van der Waals surface area contributed by atoms with Crippen molar-refractivity contribution in [2.45, 2.75) is 39.3 Å². The summed E-state index contributed by atoms with van der Waals surface area (Å²) in [4.78, 5) is 25.5. The zero-order valence-corrected chi connectivity index (χ0v) is 14.1. The number of morpholine rings is 1. The number of amides is 2. The van der Waals surface area contributed by atoms with E-state index in [0.717, 1.165) is 36.7 Å². The van der Waals surface area contributed by atoms with Crippen LogP contribution in [0.4, 0.5) is 10.7 Å².